The lowest BCUT2D eigenvalue weighted by Gasteiger charge is -2.23. The molecule has 0 N–H and O–H groups in total. The Bertz CT molecular complexity index is 642. The van der Waals surface area contributed by atoms with Gasteiger partial charge in [-0.05, 0) is 31.2 Å². The van der Waals surface area contributed by atoms with Gasteiger partial charge in [0.25, 0.3) is 0 Å². The highest BCUT2D eigenvalue weighted by atomic mass is 32.2. The van der Waals surface area contributed by atoms with E-state index in [-0.39, 0.29) is 17.7 Å². The molecular weight excluding hydrogens is 329 g/mol. The van der Waals surface area contributed by atoms with Crippen LogP contribution >= 0.6 is 11.8 Å². The van der Waals surface area contributed by atoms with Gasteiger partial charge >= 0.3 is 6.18 Å². The van der Waals surface area contributed by atoms with Crippen LogP contribution in [0.3, 0.4) is 0 Å². The molecule has 2 rings (SSSR count). The molecule has 0 radical (unpaired) electrons. The summed E-state index contributed by atoms with van der Waals surface area (Å²) in [4.78, 5) is 17.4. The predicted octanol–water partition coefficient (Wildman–Crippen LogP) is 4.01. The van der Waals surface area contributed by atoms with Gasteiger partial charge in [0.05, 0.1) is 28.6 Å². The number of carbonyl (C=O) groups is 1. The van der Waals surface area contributed by atoms with E-state index in [9.17, 15) is 18.0 Å². The number of amides is 1. The lowest BCUT2D eigenvalue weighted by Crippen LogP contribution is -2.30. The van der Waals surface area contributed by atoms with Crippen LogP contribution in [-0.2, 0) is 11.0 Å². The quantitative estimate of drug-likeness (QED) is 0.769. The molecule has 2 heterocycles. The fraction of sp³-hybridized carbons (Fsp3) is 0.333. The Morgan fingerprint density at radius 3 is 2.65 bits per heavy atom. The molecule has 4 nitrogen and oxygen atoms in total. The maximum atomic E-state index is 12.4. The maximum absolute atomic E-state index is 12.4. The first-order valence-corrected chi connectivity index (χ1v) is 7.72. The second kappa shape index (κ2) is 7.08. The molecule has 0 aliphatic rings. The molecule has 0 spiro atoms. The standard InChI is InChI=1S/C15H15F3N2O2S/c1-10(12-4-3-7-22-12)20(2)14(21)9-23-13-6-5-11(8-19-13)15(16,17)18/h3-8,10H,9H2,1-2H3. The number of furan rings is 1. The van der Waals surface area contributed by atoms with Crippen molar-refractivity contribution in [3.8, 4) is 0 Å². The molecule has 124 valence electrons. The minimum atomic E-state index is -4.41. The van der Waals surface area contributed by atoms with E-state index in [2.05, 4.69) is 4.98 Å². The number of carbonyl (C=O) groups excluding carboxylic acids is 1. The molecule has 2 aromatic heterocycles. The highest BCUT2D eigenvalue weighted by molar-refractivity contribution is 7.99. The van der Waals surface area contributed by atoms with Crippen molar-refractivity contribution in [2.45, 2.75) is 24.2 Å². The number of alkyl halides is 3. The summed E-state index contributed by atoms with van der Waals surface area (Å²) >= 11 is 1.09. The zero-order chi connectivity index (χ0) is 17.0. The second-order valence-corrected chi connectivity index (χ2v) is 5.86. The van der Waals surface area contributed by atoms with Crippen LogP contribution in [0.25, 0.3) is 0 Å². The molecule has 0 aliphatic carbocycles. The Morgan fingerprint density at radius 1 is 1.39 bits per heavy atom. The van der Waals surface area contributed by atoms with Gasteiger partial charge in [0.1, 0.15) is 5.76 Å². The third-order valence-electron chi connectivity index (χ3n) is 3.34. The SMILES string of the molecule is CC(c1ccco1)N(C)C(=O)CSc1ccc(C(F)(F)F)cn1. The van der Waals surface area contributed by atoms with Crippen molar-refractivity contribution in [3.05, 3.63) is 48.0 Å². The van der Waals surface area contributed by atoms with Crippen LogP contribution in [0.4, 0.5) is 13.2 Å². The van der Waals surface area contributed by atoms with Crippen LogP contribution in [-0.4, -0.2) is 28.6 Å². The number of aromatic nitrogens is 1. The van der Waals surface area contributed by atoms with Crippen molar-refractivity contribution in [3.63, 3.8) is 0 Å². The fourth-order valence-corrected chi connectivity index (χ4v) is 2.57. The van der Waals surface area contributed by atoms with E-state index in [0.29, 0.717) is 10.8 Å². The first kappa shape index (κ1) is 17.4. The van der Waals surface area contributed by atoms with Crippen molar-refractivity contribution in [1.29, 1.82) is 0 Å². The van der Waals surface area contributed by atoms with Gasteiger partial charge < -0.3 is 9.32 Å². The molecule has 1 amide bonds. The molecule has 0 aliphatic heterocycles. The number of halogens is 3. The Labute approximate surface area is 135 Å². The van der Waals surface area contributed by atoms with Crippen molar-refractivity contribution in [2.75, 3.05) is 12.8 Å². The molecule has 0 saturated carbocycles. The third kappa shape index (κ3) is 4.51. The highest BCUT2D eigenvalue weighted by Gasteiger charge is 2.30. The first-order valence-electron chi connectivity index (χ1n) is 6.74. The minimum absolute atomic E-state index is 0.0832. The number of nitrogens with zero attached hydrogens (tertiary/aromatic N) is 2. The van der Waals surface area contributed by atoms with Crippen molar-refractivity contribution >= 4 is 17.7 Å². The summed E-state index contributed by atoms with van der Waals surface area (Å²) in [7, 11) is 1.65. The van der Waals surface area contributed by atoms with E-state index < -0.39 is 11.7 Å². The molecule has 23 heavy (non-hydrogen) atoms. The average Bonchev–Trinajstić information content (AvgIpc) is 3.05. The number of hydrogen-bond acceptors (Lipinski definition) is 4. The maximum Gasteiger partial charge on any atom is 0.417 e. The third-order valence-corrected chi connectivity index (χ3v) is 4.27. The smallest absolute Gasteiger partial charge is 0.417 e. The van der Waals surface area contributed by atoms with Crippen LogP contribution in [0.1, 0.15) is 24.3 Å². The van der Waals surface area contributed by atoms with Gasteiger partial charge in [-0.1, -0.05) is 11.8 Å². The van der Waals surface area contributed by atoms with Gasteiger partial charge in [0.2, 0.25) is 5.91 Å². The number of pyridine rings is 1. The van der Waals surface area contributed by atoms with Gasteiger partial charge in [-0.25, -0.2) is 4.98 Å². The molecular formula is C15H15F3N2O2S. The lowest BCUT2D eigenvalue weighted by atomic mass is 10.2. The monoisotopic (exact) mass is 344 g/mol. The Morgan fingerprint density at radius 2 is 2.13 bits per heavy atom. The van der Waals surface area contributed by atoms with Gasteiger partial charge in [-0.2, -0.15) is 13.2 Å². The van der Waals surface area contributed by atoms with E-state index in [1.807, 2.05) is 6.92 Å². The first-order chi connectivity index (χ1) is 10.8. The molecule has 8 heteroatoms. The summed E-state index contributed by atoms with van der Waals surface area (Å²) < 4.78 is 42.6. The topological polar surface area (TPSA) is 46.3 Å². The van der Waals surface area contributed by atoms with E-state index in [4.69, 9.17) is 4.42 Å². The normalized spacial score (nSPS) is 12.9. The van der Waals surface area contributed by atoms with Crippen LogP contribution in [0.15, 0.2) is 46.2 Å². The van der Waals surface area contributed by atoms with Crippen LogP contribution in [0.2, 0.25) is 0 Å². The van der Waals surface area contributed by atoms with Crippen molar-refractivity contribution in [2.24, 2.45) is 0 Å². The molecule has 0 bridgehead atoms. The molecule has 1 atom stereocenters. The van der Waals surface area contributed by atoms with E-state index in [0.717, 1.165) is 24.0 Å². The number of hydrogen-bond donors (Lipinski definition) is 0. The predicted molar refractivity (Wildman–Crippen MR) is 79.9 cm³/mol. The van der Waals surface area contributed by atoms with Crippen LogP contribution < -0.4 is 0 Å². The molecule has 1 unspecified atom stereocenters. The molecule has 0 fully saturated rings. The number of rotatable bonds is 5. The zero-order valence-corrected chi connectivity index (χ0v) is 13.3. The summed E-state index contributed by atoms with van der Waals surface area (Å²) in [5, 5.41) is 0.366. The Hall–Kier alpha value is -1.96. The summed E-state index contributed by atoms with van der Waals surface area (Å²) in [6.07, 6.45) is -2.11. The molecule has 2 aromatic rings. The summed E-state index contributed by atoms with van der Waals surface area (Å²) in [5.74, 6) is 0.582. The minimum Gasteiger partial charge on any atom is -0.467 e. The fourth-order valence-electron chi connectivity index (χ4n) is 1.81. The second-order valence-electron chi connectivity index (χ2n) is 4.87. The summed E-state index contributed by atoms with van der Waals surface area (Å²) in [6, 6.07) is 5.51. The number of thioether (sulfide) groups is 1. The van der Waals surface area contributed by atoms with E-state index in [1.54, 1.807) is 19.2 Å². The van der Waals surface area contributed by atoms with Crippen LogP contribution in [0.5, 0.6) is 0 Å². The van der Waals surface area contributed by atoms with E-state index in [1.165, 1.54) is 17.2 Å². The molecule has 0 aromatic carbocycles. The average molecular weight is 344 g/mol. The molecule has 0 saturated heterocycles. The van der Waals surface area contributed by atoms with Crippen molar-refractivity contribution < 1.29 is 22.4 Å². The Balaban J connectivity index is 1.91. The Kier molecular flexibility index (Phi) is 5.35. The summed E-state index contributed by atoms with van der Waals surface area (Å²) in [5.41, 5.74) is -0.809. The van der Waals surface area contributed by atoms with Gasteiger partial charge in [0, 0.05) is 13.2 Å². The van der Waals surface area contributed by atoms with Crippen molar-refractivity contribution in [1.82, 2.24) is 9.88 Å². The zero-order valence-electron chi connectivity index (χ0n) is 12.5. The lowest BCUT2D eigenvalue weighted by molar-refractivity contribution is -0.138. The highest BCUT2D eigenvalue weighted by Crippen LogP contribution is 2.29. The van der Waals surface area contributed by atoms with E-state index >= 15 is 0 Å². The van der Waals surface area contributed by atoms with Crippen LogP contribution in [0, 0.1) is 0 Å². The van der Waals surface area contributed by atoms with Gasteiger partial charge in [0.15, 0.2) is 0 Å². The largest absolute Gasteiger partial charge is 0.467 e. The van der Waals surface area contributed by atoms with Gasteiger partial charge in [-0.3, -0.25) is 4.79 Å². The summed E-state index contributed by atoms with van der Waals surface area (Å²) in [6.45, 7) is 1.83. The van der Waals surface area contributed by atoms with Gasteiger partial charge in [-0.15, -0.1) is 0 Å².